The number of hydrogen-bond donors (Lipinski definition) is 1. The van der Waals surface area contributed by atoms with Gasteiger partial charge >= 0.3 is 0 Å². The van der Waals surface area contributed by atoms with Crippen molar-refractivity contribution in [1.82, 2.24) is 5.32 Å². The van der Waals surface area contributed by atoms with Crippen molar-refractivity contribution in [2.24, 2.45) is 5.92 Å². The van der Waals surface area contributed by atoms with Crippen LogP contribution >= 0.6 is 0 Å². The molecule has 0 fully saturated rings. The van der Waals surface area contributed by atoms with E-state index in [1.165, 1.54) is 18.4 Å². The summed E-state index contributed by atoms with van der Waals surface area (Å²) < 4.78 is 10.9. The van der Waals surface area contributed by atoms with Crippen molar-refractivity contribution >= 4 is 0 Å². The van der Waals surface area contributed by atoms with Crippen LogP contribution in [-0.4, -0.2) is 21.3 Å². The molecule has 0 spiro atoms. The normalized spacial score (nSPS) is 14.1. The predicted octanol–water partition coefficient (Wildman–Crippen LogP) is 3.40. The number of methoxy groups -OCH3 is 2. The molecule has 2 unspecified atom stereocenters. The first-order valence-corrected chi connectivity index (χ1v) is 6.57. The molecule has 102 valence electrons. The zero-order valence-electron chi connectivity index (χ0n) is 12.1. The molecule has 0 bridgehead atoms. The number of rotatable bonds is 7. The van der Waals surface area contributed by atoms with Crippen LogP contribution in [0.25, 0.3) is 0 Å². The Balaban J connectivity index is 3.12. The van der Waals surface area contributed by atoms with E-state index in [9.17, 15) is 0 Å². The third-order valence-electron chi connectivity index (χ3n) is 3.39. The van der Waals surface area contributed by atoms with Crippen molar-refractivity contribution in [3.63, 3.8) is 0 Å². The molecule has 0 heterocycles. The number of nitrogens with one attached hydrogen (secondary N) is 1. The third-order valence-corrected chi connectivity index (χ3v) is 3.39. The van der Waals surface area contributed by atoms with E-state index in [4.69, 9.17) is 9.47 Å². The Morgan fingerprint density at radius 1 is 1.22 bits per heavy atom. The molecular formula is C15H25NO2. The summed E-state index contributed by atoms with van der Waals surface area (Å²) in [7, 11) is 5.36. The van der Waals surface area contributed by atoms with Crippen LogP contribution in [0.3, 0.4) is 0 Å². The van der Waals surface area contributed by atoms with Crippen molar-refractivity contribution in [3.05, 3.63) is 23.8 Å². The van der Waals surface area contributed by atoms with Gasteiger partial charge in [-0.3, -0.25) is 0 Å². The molecule has 0 aliphatic carbocycles. The van der Waals surface area contributed by atoms with Gasteiger partial charge < -0.3 is 14.8 Å². The molecule has 2 atom stereocenters. The highest BCUT2D eigenvalue weighted by Gasteiger charge is 2.22. The Bertz CT molecular complexity index is 366. The molecule has 0 aliphatic rings. The lowest BCUT2D eigenvalue weighted by Crippen LogP contribution is -2.24. The summed E-state index contributed by atoms with van der Waals surface area (Å²) in [4.78, 5) is 0. The van der Waals surface area contributed by atoms with Crippen molar-refractivity contribution in [2.45, 2.75) is 32.7 Å². The highest BCUT2D eigenvalue weighted by Crippen LogP contribution is 2.37. The summed E-state index contributed by atoms with van der Waals surface area (Å²) in [6, 6.07) is 6.34. The average molecular weight is 251 g/mol. The van der Waals surface area contributed by atoms with Crippen molar-refractivity contribution in [2.75, 3.05) is 21.3 Å². The van der Waals surface area contributed by atoms with Crippen LogP contribution < -0.4 is 14.8 Å². The number of benzene rings is 1. The minimum absolute atomic E-state index is 0.287. The van der Waals surface area contributed by atoms with Gasteiger partial charge in [0.05, 0.1) is 14.2 Å². The van der Waals surface area contributed by atoms with Crippen LogP contribution in [0.2, 0.25) is 0 Å². The molecule has 0 saturated heterocycles. The maximum Gasteiger partial charge on any atom is 0.165 e. The minimum Gasteiger partial charge on any atom is -0.493 e. The average Bonchev–Trinajstić information content (AvgIpc) is 2.39. The van der Waals surface area contributed by atoms with E-state index in [0.717, 1.165) is 11.5 Å². The Labute approximate surface area is 110 Å². The second kappa shape index (κ2) is 7.27. The Morgan fingerprint density at radius 3 is 2.44 bits per heavy atom. The standard InChI is InChI=1S/C15H25NO2/c1-6-8-11(2)14(16-3)12-9-7-10-13(17-4)15(12)18-5/h7,9-11,14,16H,6,8H2,1-5H3. The molecule has 1 rings (SSSR count). The lowest BCUT2D eigenvalue weighted by Gasteiger charge is -2.26. The first-order chi connectivity index (χ1) is 8.69. The lowest BCUT2D eigenvalue weighted by molar-refractivity contribution is 0.330. The molecule has 1 aromatic carbocycles. The Morgan fingerprint density at radius 2 is 1.94 bits per heavy atom. The second-order valence-electron chi connectivity index (χ2n) is 4.62. The smallest absolute Gasteiger partial charge is 0.165 e. The lowest BCUT2D eigenvalue weighted by atomic mass is 9.90. The second-order valence-corrected chi connectivity index (χ2v) is 4.62. The Kier molecular flexibility index (Phi) is 5.99. The first-order valence-electron chi connectivity index (χ1n) is 6.57. The zero-order valence-corrected chi connectivity index (χ0v) is 12.1. The van der Waals surface area contributed by atoms with E-state index in [0.29, 0.717) is 5.92 Å². The summed E-state index contributed by atoms with van der Waals surface area (Å²) in [6.45, 7) is 4.48. The van der Waals surface area contributed by atoms with Crippen LogP contribution in [-0.2, 0) is 0 Å². The maximum atomic E-state index is 5.51. The Hall–Kier alpha value is -1.22. The SMILES string of the molecule is CCCC(C)C(NC)c1cccc(OC)c1OC. The summed E-state index contributed by atoms with van der Waals surface area (Å²) in [5.74, 6) is 2.18. The fourth-order valence-corrected chi connectivity index (χ4v) is 2.53. The molecule has 18 heavy (non-hydrogen) atoms. The van der Waals surface area contributed by atoms with Gasteiger partial charge in [0.25, 0.3) is 0 Å². The molecule has 0 aromatic heterocycles. The highest BCUT2D eigenvalue weighted by atomic mass is 16.5. The molecule has 3 heteroatoms. The van der Waals surface area contributed by atoms with E-state index < -0.39 is 0 Å². The minimum atomic E-state index is 0.287. The predicted molar refractivity (Wildman–Crippen MR) is 75.4 cm³/mol. The van der Waals surface area contributed by atoms with Crippen LogP contribution in [0.15, 0.2) is 18.2 Å². The summed E-state index contributed by atoms with van der Waals surface area (Å²) in [5, 5.41) is 3.39. The first kappa shape index (κ1) is 14.8. The molecule has 1 N–H and O–H groups in total. The van der Waals surface area contributed by atoms with Gasteiger partial charge in [0.1, 0.15) is 0 Å². The fourth-order valence-electron chi connectivity index (χ4n) is 2.53. The molecule has 3 nitrogen and oxygen atoms in total. The topological polar surface area (TPSA) is 30.5 Å². The quantitative estimate of drug-likeness (QED) is 0.805. The molecular weight excluding hydrogens is 226 g/mol. The number of hydrogen-bond acceptors (Lipinski definition) is 3. The van der Waals surface area contributed by atoms with Gasteiger partial charge in [-0.15, -0.1) is 0 Å². The van der Waals surface area contributed by atoms with Gasteiger partial charge in [-0.2, -0.15) is 0 Å². The molecule has 0 aliphatic heterocycles. The highest BCUT2D eigenvalue weighted by molar-refractivity contribution is 5.48. The summed E-state index contributed by atoms with van der Waals surface area (Å²) in [5.41, 5.74) is 1.17. The van der Waals surface area contributed by atoms with Crippen LogP contribution in [0.5, 0.6) is 11.5 Å². The zero-order chi connectivity index (χ0) is 13.5. The maximum absolute atomic E-state index is 5.51. The van der Waals surface area contributed by atoms with Crippen LogP contribution in [0.4, 0.5) is 0 Å². The van der Waals surface area contributed by atoms with Gasteiger partial charge in [0.2, 0.25) is 0 Å². The number of ether oxygens (including phenoxy) is 2. The van der Waals surface area contributed by atoms with Crippen molar-refractivity contribution in [3.8, 4) is 11.5 Å². The van der Waals surface area contributed by atoms with Gasteiger partial charge in [-0.25, -0.2) is 0 Å². The molecule has 0 amide bonds. The van der Waals surface area contributed by atoms with Gasteiger partial charge in [-0.1, -0.05) is 32.4 Å². The van der Waals surface area contributed by atoms with Crippen LogP contribution in [0, 0.1) is 5.92 Å². The van der Waals surface area contributed by atoms with E-state index in [1.807, 2.05) is 19.2 Å². The summed E-state index contributed by atoms with van der Waals surface area (Å²) in [6.07, 6.45) is 2.37. The largest absolute Gasteiger partial charge is 0.493 e. The molecule has 1 aromatic rings. The monoisotopic (exact) mass is 251 g/mol. The van der Waals surface area contributed by atoms with Gasteiger partial charge in [0.15, 0.2) is 11.5 Å². The van der Waals surface area contributed by atoms with Crippen molar-refractivity contribution in [1.29, 1.82) is 0 Å². The number of para-hydroxylation sites is 1. The van der Waals surface area contributed by atoms with Crippen LogP contribution in [0.1, 0.15) is 38.3 Å². The van der Waals surface area contributed by atoms with E-state index >= 15 is 0 Å². The van der Waals surface area contributed by atoms with E-state index in [1.54, 1.807) is 14.2 Å². The molecule has 0 saturated carbocycles. The van der Waals surface area contributed by atoms with E-state index in [2.05, 4.69) is 25.2 Å². The van der Waals surface area contributed by atoms with Gasteiger partial charge in [0, 0.05) is 11.6 Å². The van der Waals surface area contributed by atoms with E-state index in [-0.39, 0.29) is 6.04 Å². The van der Waals surface area contributed by atoms with Crippen molar-refractivity contribution < 1.29 is 9.47 Å². The summed E-state index contributed by atoms with van der Waals surface area (Å²) >= 11 is 0. The molecule has 0 radical (unpaired) electrons. The third kappa shape index (κ3) is 3.16. The fraction of sp³-hybridized carbons (Fsp3) is 0.600. The van der Waals surface area contributed by atoms with Gasteiger partial charge in [-0.05, 0) is 25.5 Å².